The summed E-state index contributed by atoms with van der Waals surface area (Å²) in [6, 6.07) is 12.9. The van der Waals surface area contributed by atoms with E-state index in [1.165, 1.54) is 0 Å². The van der Waals surface area contributed by atoms with Gasteiger partial charge in [-0.05, 0) is 43.2 Å². The molecule has 0 bridgehead atoms. The average Bonchev–Trinajstić information content (AvgIpc) is 3.24. The standard InChI is InChI=1S/C20H20N4O3/c1-26-16-6-4-5-15(13-16)19-22-18(23-27-19)14-8-11-24(12-9-14)20(25)17-7-2-3-10-21-17/h2-7,10,13-14H,8-9,11-12H2,1H3. The number of methoxy groups -OCH3 is 1. The van der Waals surface area contributed by atoms with Crippen molar-refractivity contribution in [2.24, 2.45) is 0 Å². The second-order valence-electron chi connectivity index (χ2n) is 6.47. The fourth-order valence-electron chi connectivity index (χ4n) is 3.27. The van der Waals surface area contributed by atoms with Crippen LogP contribution in [0.2, 0.25) is 0 Å². The van der Waals surface area contributed by atoms with E-state index in [1.807, 2.05) is 35.2 Å². The quantitative estimate of drug-likeness (QED) is 0.707. The van der Waals surface area contributed by atoms with E-state index in [0.29, 0.717) is 30.5 Å². The smallest absolute Gasteiger partial charge is 0.272 e. The molecule has 7 heteroatoms. The Morgan fingerprint density at radius 3 is 2.78 bits per heavy atom. The number of carbonyl (C=O) groups excluding carboxylic acids is 1. The number of carbonyl (C=O) groups is 1. The highest BCUT2D eigenvalue weighted by molar-refractivity contribution is 5.92. The zero-order chi connectivity index (χ0) is 18.6. The van der Waals surface area contributed by atoms with E-state index < -0.39 is 0 Å². The Morgan fingerprint density at radius 1 is 1.19 bits per heavy atom. The van der Waals surface area contributed by atoms with E-state index in [0.717, 1.165) is 24.2 Å². The molecule has 27 heavy (non-hydrogen) atoms. The predicted octanol–water partition coefficient (Wildman–Crippen LogP) is 3.16. The van der Waals surface area contributed by atoms with E-state index in [9.17, 15) is 4.79 Å². The molecule has 7 nitrogen and oxygen atoms in total. The summed E-state index contributed by atoms with van der Waals surface area (Å²) in [5, 5.41) is 4.16. The number of pyridine rings is 1. The minimum absolute atomic E-state index is 0.0285. The van der Waals surface area contributed by atoms with Crippen molar-refractivity contribution in [1.82, 2.24) is 20.0 Å². The van der Waals surface area contributed by atoms with Crippen molar-refractivity contribution in [3.8, 4) is 17.2 Å². The molecule has 4 rings (SSSR count). The summed E-state index contributed by atoms with van der Waals surface area (Å²) in [6.07, 6.45) is 3.24. The zero-order valence-corrected chi connectivity index (χ0v) is 15.0. The van der Waals surface area contributed by atoms with Gasteiger partial charge in [0.15, 0.2) is 5.82 Å². The van der Waals surface area contributed by atoms with Crippen molar-refractivity contribution in [3.63, 3.8) is 0 Å². The summed E-state index contributed by atoms with van der Waals surface area (Å²) in [5.74, 6) is 2.07. The molecular weight excluding hydrogens is 344 g/mol. The molecule has 0 unspecified atom stereocenters. The Morgan fingerprint density at radius 2 is 2.04 bits per heavy atom. The molecule has 1 aliphatic heterocycles. The van der Waals surface area contributed by atoms with Crippen LogP contribution in [0.3, 0.4) is 0 Å². The number of amides is 1. The van der Waals surface area contributed by atoms with E-state index >= 15 is 0 Å². The molecule has 0 saturated carbocycles. The summed E-state index contributed by atoms with van der Waals surface area (Å²) in [6.45, 7) is 1.31. The molecule has 1 aliphatic rings. The Hall–Kier alpha value is -3.22. The van der Waals surface area contributed by atoms with Gasteiger partial charge in [0.25, 0.3) is 11.8 Å². The number of hydrogen-bond donors (Lipinski definition) is 0. The maximum absolute atomic E-state index is 12.5. The molecular formula is C20H20N4O3. The molecule has 3 heterocycles. The molecule has 2 aromatic heterocycles. The molecule has 1 saturated heterocycles. The largest absolute Gasteiger partial charge is 0.497 e. The number of likely N-dealkylation sites (tertiary alicyclic amines) is 1. The molecule has 0 aliphatic carbocycles. The van der Waals surface area contributed by atoms with Gasteiger partial charge >= 0.3 is 0 Å². The Balaban J connectivity index is 1.41. The third-order valence-corrected chi connectivity index (χ3v) is 4.79. The molecule has 0 atom stereocenters. The summed E-state index contributed by atoms with van der Waals surface area (Å²) < 4.78 is 10.7. The normalized spacial score (nSPS) is 14.9. The van der Waals surface area contributed by atoms with Crippen molar-refractivity contribution in [1.29, 1.82) is 0 Å². The molecule has 1 aromatic carbocycles. The highest BCUT2D eigenvalue weighted by Gasteiger charge is 2.28. The topological polar surface area (TPSA) is 81.4 Å². The number of benzene rings is 1. The van der Waals surface area contributed by atoms with Gasteiger partial charge in [-0.1, -0.05) is 17.3 Å². The van der Waals surface area contributed by atoms with Crippen LogP contribution >= 0.6 is 0 Å². The van der Waals surface area contributed by atoms with Gasteiger partial charge in [0.1, 0.15) is 11.4 Å². The number of nitrogens with zero attached hydrogens (tertiary/aromatic N) is 4. The van der Waals surface area contributed by atoms with E-state index in [4.69, 9.17) is 9.26 Å². The Bertz CT molecular complexity index is 918. The lowest BCUT2D eigenvalue weighted by molar-refractivity contribution is 0.0704. The highest BCUT2D eigenvalue weighted by Crippen LogP contribution is 2.29. The van der Waals surface area contributed by atoms with Crippen LogP contribution < -0.4 is 4.74 Å². The first-order valence-electron chi connectivity index (χ1n) is 8.93. The van der Waals surface area contributed by atoms with E-state index in [1.54, 1.807) is 25.4 Å². The van der Waals surface area contributed by atoms with Crippen LogP contribution in [-0.2, 0) is 0 Å². The van der Waals surface area contributed by atoms with Crippen molar-refractivity contribution < 1.29 is 14.1 Å². The zero-order valence-electron chi connectivity index (χ0n) is 15.0. The third-order valence-electron chi connectivity index (χ3n) is 4.79. The average molecular weight is 364 g/mol. The van der Waals surface area contributed by atoms with Crippen LogP contribution in [0.4, 0.5) is 0 Å². The van der Waals surface area contributed by atoms with E-state index in [-0.39, 0.29) is 11.8 Å². The molecule has 0 N–H and O–H groups in total. The van der Waals surface area contributed by atoms with Crippen LogP contribution in [0.15, 0.2) is 53.2 Å². The van der Waals surface area contributed by atoms with Gasteiger partial charge in [-0.15, -0.1) is 0 Å². The van der Waals surface area contributed by atoms with Gasteiger partial charge in [0.05, 0.1) is 7.11 Å². The molecule has 0 spiro atoms. The SMILES string of the molecule is COc1cccc(-c2nc(C3CCN(C(=O)c4ccccn4)CC3)no2)c1. The number of ether oxygens (including phenoxy) is 1. The summed E-state index contributed by atoms with van der Waals surface area (Å²) >= 11 is 0. The van der Waals surface area contributed by atoms with Crippen LogP contribution in [0.25, 0.3) is 11.5 Å². The van der Waals surface area contributed by atoms with Gasteiger partial charge in [0, 0.05) is 30.8 Å². The van der Waals surface area contributed by atoms with Gasteiger partial charge < -0.3 is 14.2 Å². The number of piperidine rings is 1. The first kappa shape index (κ1) is 17.2. The lowest BCUT2D eigenvalue weighted by atomic mass is 9.96. The van der Waals surface area contributed by atoms with Crippen LogP contribution in [0, 0.1) is 0 Å². The summed E-state index contributed by atoms with van der Waals surface area (Å²) in [4.78, 5) is 23.0. The summed E-state index contributed by atoms with van der Waals surface area (Å²) in [7, 11) is 1.62. The molecule has 0 radical (unpaired) electrons. The van der Waals surface area contributed by atoms with Crippen LogP contribution in [0.1, 0.15) is 35.1 Å². The first-order chi connectivity index (χ1) is 13.2. The maximum atomic E-state index is 12.5. The minimum atomic E-state index is -0.0285. The van der Waals surface area contributed by atoms with Crippen LogP contribution in [0.5, 0.6) is 5.75 Å². The molecule has 3 aromatic rings. The number of hydrogen-bond acceptors (Lipinski definition) is 6. The maximum Gasteiger partial charge on any atom is 0.272 e. The van der Waals surface area contributed by atoms with Crippen molar-refractivity contribution in [2.45, 2.75) is 18.8 Å². The second-order valence-corrected chi connectivity index (χ2v) is 6.47. The molecule has 1 amide bonds. The Kier molecular flexibility index (Phi) is 4.82. The fourth-order valence-corrected chi connectivity index (χ4v) is 3.27. The van der Waals surface area contributed by atoms with Crippen molar-refractivity contribution >= 4 is 5.91 Å². The van der Waals surface area contributed by atoms with Gasteiger partial charge in [-0.3, -0.25) is 9.78 Å². The minimum Gasteiger partial charge on any atom is -0.497 e. The highest BCUT2D eigenvalue weighted by atomic mass is 16.5. The first-order valence-corrected chi connectivity index (χ1v) is 8.93. The lowest BCUT2D eigenvalue weighted by Gasteiger charge is -2.30. The number of aromatic nitrogens is 3. The third kappa shape index (κ3) is 3.67. The Labute approximate surface area is 157 Å². The van der Waals surface area contributed by atoms with E-state index in [2.05, 4.69) is 15.1 Å². The van der Waals surface area contributed by atoms with Crippen LogP contribution in [-0.4, -0.2) is 46.1 Å². The van der Waals surface area contributed by atoms with Gasteiger partial charge in [0.2, 0.25) is 0 Å². The summed E-state index contributed by atoms with van der Waals surface area (Å²) in [5.41, 5.74) is 1.31. The predicted molar refractivity (Wildman–Crippen MR) is 98.4 cm³/mol. The molecule has 138 valence electrons. The lowest BCUT2D eigenvalue weighted by Crippen LogP contribution is -2.38. The number of rotatable bonds is 4. The van der Waals surface area contributed by atoms with Crippen molar-refractivity contribution in [3.05, 3.63) is 60.2 Å². The van der Waals surface area contributed by atoms with Crippen molar-refractivity contribution in [2.75, 3.05) is 20.2 Å². The van der Waals surface area contributed by atoms with Gasteiger partial charge in [-0.2, -0.15) is 4.98 Å². The second kappa shape index (κ2) is 7.57. The monoisotopic (exact) mass is 364 g/mol. The van der Waals surface area contributed by atoms with Gasteiger partial charge in [-0.25, -0.2) is 0 Å². The molecule has 1 fully saturated rings. The fraction of sp³-hybridized carbons (Fsp3) is 0.300.